The maximum absolute atomic E-state index is 12.9. The van der Waals surface area contributed by atoms with Crippen molar-refractivity contribution in [3.05, 3.63) is 77.0 Å². The van der Waals surface area contributed by atoms with Gasteiger partial charge in [0.1, 0.15) is 5.82 Å². The van der Waals surface area contributed by atoms with E-state index in [-0.39, 0.29) is 24.3 Å². The minimum Gasteiger partial charge on any atom is -0.379 e. The monoisotopic (exact) mass is 535 g/mol. The molecule has 0 aliphatic carbocycles. The number of fused-ring (bicyclic) bond motifs is 2. The maximum atomic E-state index is 12.9. The number of nitrogens with one attached hydrogen (secondary N) is 1. The molecule has 0 saturated carbocycles. The molecule has 3 amide bonds. The van der Waals surface area contributed by atoms with Crippen LogP contribution in [-0.2, 0) is 22.6 Å². The van der Waals surface area contributed by atoms with Crippen molar-refractivity contribution in [3.8, 4) is 0 Å². The van der Waals surface area contributed by atoms with E-state index >= 15 is 0 Å². The molecule has 1 fully saturated rings. The number of morpholine rings is 1. The Morgan fingerprint density at radius 2 is 1.89 bits per heavy atom. The average molecular weight is 536 g/mol. The van der Waals surface area contributed by atoms with E-state index in [1.165, 1.54) is 16.3 Å². The Morgan fingerprint density at radius 1 is 1.13 bits per heavy atom. The fourth-order valence-electron chi connectivity index (χ4n) is 4.86. The summed E-state index contributed by atoms with van der Waals surface area (Å²) in [4.78, 5) is 35.7. The van der Waals surface area contributed by atoms with E-state index in [1.54, 1.807) is 28.1 Å². The molecule has 9 heteroatoms. The molecular weight excluding hydrogens is 502 g/mol. The van der Waals surface area contributed by atoms with Crippen LogP contribution in [0, 0.1) is 6.92 Å². The van der Waals surface area contributed by atoms with E-state index in [9.17, 15) is 9.59 Å². The number of halogens is 1. The SMILES string of the molecule is Cc1ccc(CN(C)C(=O)/C=C/c2cnc3c(c2)CN(CCN2CCOCC2)C(=O)N3)c2ccccc12.Cl. The summed E-state index contributed by atoms with van der Waals surface area (Å²) in [5, 5.41) is 5.27. The highest BCUT2D eigenvalue weighted by atomic mass is 35.5. The number of urea groups is 1. The molecule has 2 aliphatic rings. The molecule has 200 valence electrons. The Kier molecular flexibility index (Phi) is 8.99. The number of benzene rings is 2. The van der Waals surface area contributed by atoms with Crippen LogP contribution in [0.15, 0.2) is 54.7 Å². The van der Waals surface area contributed by atoms with Gasteiger partial charge in [0.2, 0.25) is 5.91 Å². The number of aromatic nitrogens is 1. The molecule has 3 aromatic rings. The van der Waals surface area contributed by atoms with Crippen LogP contribution in [0.5, 0.6) is 0 Å². The summed E-state index contributed by atoms with van der Waals surface area (Å²) < 4.78 is 5.40. The minimum atomic E-state index is -0.128. The fraction of sp³-hybridized carbons (Fsp3) is 0.345. The zero-order valence-electron chi connectivity index (χ0n) is 21.9. The van der Waals surface area contributed by atoms with Crippen molar-refractivity contribution in [1.82, 2.24) is 19.7 Å². The fourth-order valence-corrected chi connectivity index (χ4v) is 4.86. The number of nitrogens with zero attached hydrogens (tertiary/aromatic N) is 4. The van der Waals surface area contributed by atoms with Gasteiger partial charge in [-0.2, -0.15) is 0 Å². The van der Waals surface area contributed by atoms with Gasteiger partial charge in [-0.05, 0) is 46.5 Å². The molecule has 2 aliphatic heterocycles. The van der Waals surface area contributed by atoms with Crippen LogP contribution in [0.3, 0.4) is 0 Å². The standard InChI is InChI=1S/C29H33N5O3.ClH/c1-21-7-9-23(26-6-4-3-5-25(21)26)19-32(2)27(35)10-8-22-17-24-20-34(29(36)31-28(24)30-18-22)12-11-33-13-15-37-16-14-33;/h3-10,17-18H,11-16,19-20H2,1-2H3,(H,30,31,36);1H/b10-8+;. The molecule has 0 unspecified atom stereocenters. The number of likely N-dealkylation sites (N-methyl/N-ethyl adjacent to an activating group) is 1. The van der Waals surface area contributed by atoms with Gasteiger partial charge in [0, 0.05) is 57.6 Å². The Morgan fingerprint density at radius 3 is 2.68 bits per heavy atom. The first kappa shape index (κ1) is 27.6. The third kappa shape index (κ3) is 6.32. The van der Waals surface area contributed by atoms with Gasteiger partial charge < -0.3 is 14.5 Å². The van der Waals surface area contributed by atoms with Crippen molar-refractivity contribution in [2.24, 2.45) is 0 Å². The zero-order chi connectivity index (χ0) is 25.8. The third-order valence-electron chi connectivity index (χ3n) is 7.09. The van der Waals surface area contributed by atoms with Crippen molar-refractivity contribution < 1.29 is 14.3 Å². The van der Waals surface area contributed by atoms with Gasteiger partial charge in [0.15, 0.2) is 0 Å². The highest BCUT2D eigenvalue weighted by Gasteiger charge is 2.24. The van der Waals surface area contributed by atoms with Crippen molar-refractivity contribution in [3.63, 3.8) is 0 Å². The Balaban J connectivity index is 0.00000336. The normalized spacial score (nSPS) is 15.7. The molecule has 0 spiro atoms. The number of aryl methyl sites for hydroxylation is 1. The summed E-state index contributed by atoms with van der Waals surface area (Å²) in [5.41, 5.74) is 4.11. The summed E-state index contributed by atoms with van der Waals surface area (Å²) in [6.45, 7) is 7.85. The summed E-state index contributed by atoms with van der Waals surface area (Å²) in [6, 6.07) is 14.3. The van der Waals surface area contributed by atoms with E-state index < -0.39 is 0 Å². The molecule has 5 rings (SSSR count). The number of hydrogen-bond acceptors (Lipinski definition) is 5. The molecule has 1 N–H and O–H groups in total. The second-order valence-electron chi connectivity index (χ2n) is 9.70. The van der Waals surface area contributed by atoms with E-state index in [0.29, 0.717) is 25.5 Å². The molecular formula is C29H34ClN5O3. The largest absolute Gasteiger partial charge is 0.379 e. The van der Waals surface area contributed by atoms with Crippen molar-refractivity contribution >= 4 is 47.0 Å². The van der Waals surface area contributed by atoms with Crippen LogP contribution >= 0.6 is 12.4 Å². The lowest BCUT2D eigenvalue weighted by molar-refractivity contribution is -0.125. The molecule has 2 aromatic carbocycles. The van der Waals surface area contributed by atoms with Crippen molar-refractivity contribution in [1.29, 1.82) is 0 Å². The van der Waals surface area contributed by atoms with Crippen molar-refractivity contribution in [2.75, 3.05) is 51.8 Å². The van der Waals surface area contributed by atoms with Gasteiger partial charge >= 0.3 is 6.03 Å². The number of rotatable bonds is 7. The van der Waals surface area contributed by atoms with Gasteiger partial charge in [0.25, 0.3) is 0 Å². The first-order valence-electron chi connectivity index (χ1n) is 12.7. The van der Waals surface area contributed by atoms with Crippen LogP contribution in [0.25, 0.3) is 16.8 Å². The Labute approximate surface area is 229 Å². The number of pyridine rings is 1. The van der Waals surface area contributed by atoms with Gasteiger partial charge in [-0.1, -0.05) is 36.4 Å². The van der Waals surface area contributed by atoms with Crippen LogP contribution in [0.1, 0.15) is 22.3 Å². The van der Waals surface area contributed by atoms with Crippen LogP contribution < -0.4 is 5.32 Å². The first-order chi connectivity index (χ1) is 18.0. The Hall–Kier alpha value is -3.46. The highest BCUT2D eigenvalue weighted by Crippen LogP contribution is 2.24. The number of ether oxygens (including phenoxy) is 1. The summed E-state index contributed by atoms with van der Waals surface area (Å²) in [7, 11) is 1.81. The molecule has 0 bridgehead atoms. The number of hydrogen-bond donors (Lipinski definition) is 1. The summed E-state index contributed by atoms with van der Waals surface area (Å²) in [5.74, 6) is 0.502. The van der Waals surface area contributed by atoms with E-state index in [4.69, 9.17) is 4.74 Å². The predicted octanol–water partition coefficient (Wildman–Crippen LogP) is 4.32. The lowest BCUT2D eigenvalue weighted by Crippen LogP contribution is -2.45. The second kappa shape index (κ2) is 12.4. The highest BCUT2D eigenvalue weighted by molar-refractivity contribution is 5.93. The second-order valence-corrected chi connectivity index (χ2v) is 9.70. The quantitative estimate of drug-likeness (QED) is 0.456. The lowest BCUT2D eigenvalue weighted by Gasteiger charge is -2.32. The van der Waals surface area contributed by atoms with E-state index in [1.807, 2.05) is 25.2 Å². The molecule has 8 nitrogen and oxygen atoms in total. The zero-order valence-corrected chi connectivity index (χ0v) is 22.7. The average Bonchev–Trinajstić information content (AvgIpc) is 2.92. The number of carbonyl (C=O) groups excluding carboxylic acids is 2. The number of carbonyl (C=O) groups is 2. The van der Waals surface area contributed by atoms with Gasteiger partial charge in [-0.3, -0.25) is 15.0 Å². The molecule has 0 atom stereocenters. The van der Waals surface area contributed by atoms with Crippen LogP contribution in [0.2, 0.25) is 0 Å². The van der Waals surface area contributed by atoms with Gasteiger partial charge in [-0.25, -0.2) is 9.78 Å². The molecule has 1 aromatic heterocycles. The van der Waals surface area contributed by atoms with Gasteiger partial charge in [-0.15, -0.1) is 12.4 Å². The minimum absolute atomic E-state index is 0. The molecule has 1 saturated heterocycles. The summed E-state index contributed by atoms with van der Waals surface area (Å²) in [6.07, 6.45) is 5.05. The van der Waals surface area contributed by atoms with Crippen LogP contribution in [-0.4, -0.2) is 78.1 Å². The molecule has 38 heavy (non-hydrogen) atoms. The number of anilines is 1. The van der Waals surface area contributed by atoms with Crippen LogP contribution in [0.4, 0.5) is 10.6 Å². The van der Waals surface area contributed by atoms with E-state index in [2.05, 4.69) is 46.4 Å². The molecule has 3 heterocycles. The van der Waals surface area contributed by atoms with E-state index in [0.717, 1.165) is 49.5 Å². The lowest BCUT2D eigenvalue weighted by atomic mass is 10.00. The number of amides is 3. The predicted molar refractivity (Wildman–Crippen MR) is 152 cm³/mol. The van der Waals surface area contributed by atoms with Gasteiger partial charge in [0.05, 0.1) is 19.8 Å². The smallest absolute Gasteiger partial charge is 0.323 e. The topological polar surface area (TPSA) is 78.0 Å². The first-order valence-corrected chi connectivity index (χ1v) is 12.7. The third-order valence-corrected chi connectivity index (χ3v) is 7.09. The summed E-state index contributed by atoms with van der Waals surface area (Å²) >= 11 is 0. The molecule has 0 radical (unpaired) electrons. The Bertz CT molecular complexity index is 1340. The van der Waals surface area contributed by atoms with Crippen molar-refractivity contribution in [2.45, 2.75) is 20.0 Å². The maximum Gasteiger partial charge on any atom is 0.323 e.